The maximum atomic E-state index is 12.4. The number of amides is 2. The quantitative estimate of drug-likeness (QED) is 0.726. The topological polar surface area (TPSA) is 71.1 Å². The van der Waals surface area contributed by atoms with Crippen LogP contribution < -0.4 is 10.6 Å². The Morgan fingerprint density at radius 2 is 1.37 bits per heavy atom. The Bertz CT molecular complexity index is 948. The van der Waals surface area contributed by atoms with Gasteiger partial charge in [0.25, 0.3) is 11.8 Å². The SMILES string of the molecule is Cc1ccc(CNC(=O)c2cncc(C(=O)Nc3ccc(C)cc3)c2)cc1. The average molecular weight is 359 g/mol. The second-order valence-electron chi connectivity index (χ2n) is 6.45. The van der Waals surface area contributed by atoms with Gasteiger partial charge in [0, 0.05) is 24.6 Å². The van der Waals surface area contributed by atoms with Crippen LogP contribution in [0, 0.1) is 13.8 Å². The van der Waals surface area contributed by atoms with E-state index in [1.165, 1.54) is 18.0 Å². The molecule has 0 saturated heterocycles. The number of anilines is 1. The molecule has 0 radical (unpaired) electrons. The molecule has 0 bridgehead atoms. The lowest BCUT2D eigenvalue weighted by Crippen LogP contribution is -2.23. The van der Waals surface area contributed by atoms with Crippen molar-refractivity contribution in [2.45, 2.75) is 20.4 Å². The van der Waals surface area contributed by atoms with Crippen LogP contribution in [0.25, 0.3) is 0 Å². The van der Waals surface area contributed by atoms with Crippen LogP contribution in [0.15, 0.2) is 67.0 Å². The molecular formula is C22H21N3O2. The molecule has 1 aromatic heterocycles. The molecule has 1 heterocycles. The molecule has 0 unspecified atom stereocenters. The van der Waals surface area contributed by atoms with E-state index in [1.807, 2.05) is 62.4 Å². The van der Waals surface area contributed by atoms with Crippen molar-refractivity contribution in [1.82, 2.24) is 10.3 Å². The molecule has 0 atom stereocenters. The second kappa shape index (κ2) is 8.27. The van der Waals surface area contributed by atoms with Gasteiger partial charge in [0.2, 0.25) is 0 Å². The van der Waals surface area contributed by atoms with Crippen molar-refractivity contribution in [1.29, 1.82) is 0 Å². The lowest BCUT2D eigenvalue weighted by Gasteiger charge is -2.08. The summed E-state index contributed by atoms with van der Waals surface area (Å²) in [6, 6.07) is 17.0. The number of hydrogen-bond donors (Lipinski definition) is 2. The zero-order chi connectivity index (χ0) is 19.2. The van der Waals surface area contributed by atoms with E-state index in [2.05, 4.69) is 15.6 Å². The van der Waals surface area contributed by atoms with Gasteiger partial charge in [-0.2, -0.15) is 0 Å². The Hall–Kier alpha value is -3.47. The number of benzene rings is 2. The van der Waals surface area contributed by atoms with E-state index in [4.69, 9.17) is 0 Å². The Morgan fingerprint density at radius 1 is 0.815 bits per heavy atom. The fraction of sp³-hybridized carbons (Fsp3) is 0.136. The Morgan fingerprint density at radius 3 is 2.00 bits per heavy atom. The number of aryl methyl sites for hydroxylation is 2. The summed E-state index contributed by atoms with van der Waals surface area (Å²) < 4.78 is 0. The van der Waals surface area contributed by atoms with Crippen molar-refractivity contribution < 1.29 is 9.59 Å². The number of pyridine rings is 1. The van der Waals surface area contributed by atoms with Crippen molar-refractivity contribution in [3.63, 3.8) is 0 Å². The van der Waals surface area contributed by atoms with E-state index in [0.717, 1.165) is 11.1 Å². The molecule has 5 nitrogen and oxygen atoms in total. The van der Waals surface area contributed by atoms with Crippen molar-refractivity contribution in [2.24, 2.45) is 0 Å². The van der Waals surface area contributed by atoms with Crippen LogP contribution in [-0.2, 0) is 6.54 Å². The second-order valence-corrected chi connectivity index (χ2v) is 6.45. The largest absolute Gasteiger partial charge is 0.348 e. The molecule has 0 spiro atoms. The van der Waals surface area contributed by atoms with Crippen LogP contribution in [0.4, 0.5) is 5.69 Å². The predicted octanol–water partition coefficient (Wildman–Crippen LogP) is 3.88. The zero-order valence-electron chi connectivity index (χ0n) is 15.3. The molecule has 0 saturated carbocycles. The minimum absolute atomic E-state index is 0.270. The summed E-state index contributed by atoms with van der Waals surface area (Å²) in [6.07, 6.45) is 2.90. The smallest absolute Gasteiger partial charge is 0.257 e. The molecule has 0 aliphatic heterocycles. The van der Waals surface area contributed by atoms with E-state index >= 15 is 0 Å². The molecule has 0 fully saturated rings. The Kier molecular flexibility index (Phi) is 5.61. The van der Waals surface area contributed by atoms with E-state index in [-0.39, 0.29) is 11.8 Å². The molecule has 2 aromatic carbocycles. The van der Waals surface area contributed by atoms with Gasteiger partial charge in [-0.15, -0.1) is 0 Å². The molecule has 0 aliphatic carbocycles. The summed E-state index contributed by atoms with van der Waals surface area (Å²) in [6.45, 7) is 4.41. The van der Waals surface area contributed by atoms with Crippen molar-refractivity contribution >= 4 is 17.5 Å². The highest BCUT2D eigenvalue weighted by molar-refractivity contribution is 6.05. The standard InChI is InChI=1S/C22H21N3O2/c1-15-3-7-17(8-4-15)12-24-21(26)18-11-19(14-23-13-18)22(27)25-20-9-5-16(2)6-10-20/h3-11,13-14H,12H2,1-2H3,(H,24,26)(H,25,27). The first-order chi connectivity index (χ1) is 13.0. The number of nitrogens with one attached hydrogen (secondary N) is 2. The molecule has 27 heavy (non-hydrogen) atoms. The van der Waals surface area contributed by atoms with Crippen LogP contribution in [0.5, 0.6) is 0 Å². The van der Waals surface area contributed by atoms with E-state index in [9.17, 15) is 9.59 Å². The Balaban J connectivity index is 1.65. The zero-order valence-corrected chi connectivity index (χ0v) is 15.3. The number of nitrogens with zero attached hydrogens (tertiary/aromatic N) is 1. The third-order valence-electron chi connectivity index (χ3n) is 4.15. The molecule has 0 aliphatic rings. The van der Waals surface area contributed by atoms with Crippen molar-refractivity contribution in [3.05, 3.63) is 94.8 Å². The average Bonchev–Trinajstić information content (AvgIpc) is 2.69. The normalized spacial score (nSPS) is 10.3. The minimum atomic E-state index is -0.306. The molecule has 3 aromatic rings. The van der Waals surface area contributed by atoms with Crippen LogP contribution in [-0.4, -0.2) is 16.8 Å². The number of aromatic nitrogens is 1. The summed E-state index contributed by atoms with van der Waals surface area (Å²) >= 11 is 0. The number of hydrogen-bond acceptors (Lipinski definition) is 3. The fourth-order valence-electron chi connectivity index (χ4n) is 2.52. The highest BCUT2D eigenvalue weighted by Crippen LogP contribution is 2.11. The first-order valence-electron chi connectivity index (χ1n) is 8.68. The van der Waals surface area contributed by atoms with Gasteiger partial charge < -0.3 is 10.6 Å². The Labute approximate surface area is 158 Å². The molecule has 2 N–H and O–H groups in total. The van der Waals surface area contributed by atoms with Gasteiger partial charge in [-0.3, -0.25) is 14.6 Å². The van der Waals surface area contributed by atoms with Gasteiger partial charge in [0.05, 0.1) is 11.1 Å². The van der Waals surface area contributed by atoms with Gasteiger partial charge in [0.15, 0.2) is 0 Å². The number of carbonyl (C=O) groups is 2. The maximum Gasteiger partial charge on any atom is 0.257 e. The molecular weight excluding hydrogens is 338 g/mol. The summed E-state index contributed by atoms with van der Waals surface area (Å²) in [5, 5.41) is 5.65. The lowest BCUT2D eigenvalue weighted by molar-refractivity contribution is 0.0950. The third kappa shape index (κ3) is 5.01. The highest BCUT2D eigenvalue weighted by atomic mass is 16.2. The van der Waals surface area contributed by atoms with Crippen LogP contribution >= 0.6 is 0 Å². The number of rotatable bonds is 5. The summed E-state index contributed by atoms with van der Waals surface area (Å²) in [7, 11) is 0. The minimum Gasteiger partial charge on any atom is -0.348 e. The first-order valence-corrected chi connectivity index (χ1v) is 8.68. The molecule has 2 amide bonds. The van der Waals surface area contributed by atoms with E-state index in [1.54, 1.807) is 6.07 Å². The monoisotopic (exact) mass is 359 g/mol. The van der Waals surface area contributed by atoms with Gasteiger partial charge in [-0.05, 0) is 37.6 Å². The fourth-order valence-corrected chi connectivity index (χ4v) is 2.52. The summed E-state index contributed by atoms with van der Waals surface area (Å²) in [5.41, 5.74) is 4.66. The van der Waals surface area contributed by atoms with Gasteiger partial charge in [0.1, 0.15) is 0 Å². The summed E-state index contributed by atoms with van der Waals surface area (Å²) in [5.74, 6) is -0.576. The molecule has 136 valence electrons. The van der Waals surface area contributed by atoms with Gasteiger partial charge in [-0.25, -0.2) is 0 Å². The van der Waals surface area contributed by atoms with Crippen molar-refractivity contribution in [3.8, 4) is 0 Å². The molecule has 5 heteroatoms. The maximum absolute atomic E-state index is 12.4. The van der Waals surface area contributed by atoms with Gasteiger partial charge in [-0.1, -0.05) is 47.5 Å². The third-order valence-corrected chi connectivity index (χ3v) is 4.15. The van der Waals surface area contributed by atoms with Crippen LogP contribution in [0.3, 0.4) is 0 Å². The first kappa shape index (κ1) is 18.3. The molecule has 3 rings (SSSR count). The number of carbonyl (C=O) groups excluding carboxylic acids is 2. The van der Waals surface area contributed by atoms with E-state index in [0.29, 0.717) is 23.4 Å². The van der Waals surface area contributed by atoms with Crippen LogP contribution in [0.2, 0.25) is 0 Å². The predicted molar refractivity (Wildman–Crippen MR) is 106 cm³/mol. The highest BCUT2D eigenvalue weighted by Gasteiger charge is 2.11. The van der Waals surface area contributed by atoms with Crippen LogP contribution in [0.1, 0.15) is 37.4 Å². The van der Waals surface area contributed by atoms with Crippen molar-refractivity contribution in [2.75, 3.05) is 5.32 Å². The lowest BCUT2D eigenvalue weighted by atomic mass is 10.1. The van der Waals surface area contributed by atoms with Gasteiger partial charge >= 0.3 is 0 Å². The van der Waals surface area contributed by atoms with E-state index < -0.39 is 0 Å². The summed E-state index contributed by atoms with van der Waals surface area (Å²) in [4.78, 5) is 28.8.